The fourth-order valence-corrected chi connectivity index (χ4v) is 4.69. The molecule has 5 rings (SSSR count). The monoisotopic (exact) mass is 512 g/mol. The van der Waals surface area contributed by atoms with Crippen molar-refractivity contribution in [3.63, 3.8) is 0 Å². The summed E-state index contributed by atoms with van der Waals surface area (Å²) in [4.78, 5) is 14.8. The van der Waals surface area contributed by atoms with Crippen LogP contribution in [0.3, 0.4) is 0 Å². The Hall–Kier alpha value is -4.46. The second kappa shape index (κ2) is 11.3. The number of nitrogens with one attached hydrogen (secondary N) is 1. The van der Waals surface area contributed by atoms with Gasteiger partial charge in [-0.1, -0.05) is 0 Å². The number of nitrogens with zero attached hydrogens (tertiary/aromatic N) is 3. The molecule has 1 N–H and O–H groups in total. The highest BCUT2D eigenvalue weighted by Gasteiger charge is 2.15. The topological polar surface area (TPSA) is 81.2 Å². The largest absolute Gasteiger partial charge is 0.496 e. The number of hydrogen-bond acceptors (Lipinski definition) is 6. The molecule has 0 radical (unpaired) electrons. The number of hydrazone groups is 1. The highest BCUT2D eigenvalue weighted by atomic mass is 16.5. The second-order valence-electron chi connectivity index (χ2n) is 9.32. The molecule has 1 amide bonds. The Balaban J connectivity index is 1.15. The van der Waals surface area contributed by atoms with Crippen molar-refractivity contribution in [3.8, 4) is 17.2 Å². The maximum Gasteiger partial charge on any atom is 0.307 e. The van der Waals surface area contributed by atoms with Gasteiger partial charge in [0, 0.05) is 47.5 Å². The molecule has 8 nitrogen and oxygen atoms in total. The third-order valence-electron chi connectivity index (χ3n) is 6.69. The van der Waals surface area contributed by atoms with Gasteiger partial charge in [-0.3, -0.25) is 4.79 Å². The van der Waals surface area contributed by atoms with Crippen molar-refractivity contribution >= 4 is 17.8 Å². The molecule has 0 bridgehead atoms. The molecule has 0 spiro atoms. The van der Waals surface area contributed by atoms with Crippen LogP contribution in [0, 0.1) is 13.8 Å². The van der Waals surface area contributed by atoms with E-state index in [9.17, 15) is 4.79 Å². The SMILES string of the molecule is COc1cc(N2CCCC2)ccc1/C=N/NC(=O)c1ccc(COc2ccc(-n3c(C)ccc3C)cc2)o1. The molecule has 0 unspecified atom stereocenters. The highest BCUT2D eigenvalue weighted by Crippen LogP contribution is 2.27. The minimum atomic E-state index is -0.443. The van der Waals surface area contributed by atoms with Crippen molar-refractivity contribution in [3.05, 3.63) is 95.2 Å². The standard InChI is InChI=1S/C30H32N4O4/c1-21-6-7-22(2)34(21)24-10-12-26(13-11-24)37-20-27-14-15-28(38-27)30(35)32-31-19-23-8-9-25(18-29(23)36-3)33-16-4-5-17-33/h6-15,18-19H,4-5,16-17,20H2,1-3H3,(H,32,35)/b31-19+. The van der Waals surface area contributed by atoms with Gasteiger partial charge >= 0.3 is 5.91 Å². The van der Waals surface area contributed by atoms with Crippen LogP contribution in [0.15, 0.2) is 76.2 Å². The van der Waals surface area contributed by atoms with E-state index in [4.69, 9.17) is 13.9 Å². The van der Waals surface area contributed by atoms with Gasteiger partial charge in [-0.15, -0.1) is 0 Å². The molecule has 1 saturated heterocycles. The first-order chi connectivity index (χ1) is 18.5. The Bertz CT molecular complexity index is 1410. The molecule has 4 aromatic rings. The number of amides is 1. The third kappa shape index (κ3) is 5.59. The molecule has 2 aromatic heterocycles. The van der Waals surface area contributed by atoms with Crippen LogP contribution in [-0.2, 0) is 6.61 Å². The maximum absolute atomic E-state index is 12.5. The smallest absolute Gasteiger partial charge is 0.307 e. The summed E-state index contributed by atoms with van der Waals surface area (Å²) in [6.07, 6.45) is 3.98. The molecule has 2 aromatic carbocycles. The van der Waals surface area contributed by atoms with Crippen LogP contribution < -0.4 is 19.8 Å². The van der Waals surface area contributed by atoms with E-state index in [2.05, 4.69) is 46.0 Å². The predicted molar refractivity (Wildman–Crippen MR) is 148 cm³/mol. The second-order valence-corrected chi connectivity index (χ2v) is 9.32. The normalized spacial score (nSPS) is 13.3. The Morgan fingerprint density at radius 3 is 2.39 bits per heavy atom. The number of carbonyl (C=O) groups excluding carboxylic acids is 1. The summed E-state index contributed by atoms with van der Waals surface area (Å²) in [5, 5.41) is 4.09. The summed E-state index contributed by atoms with van der Waals surface area (Å²) in [6, 6.07) is 21.4. The quantitative estimate of drug-likeness (QED) is 0.232. The van der Waals surface area contributed by atoms with Gasteiger partial charge < -0.3 is 23.4 Å². The first-order valence-electron chi connectivity index (χ1n) is 12.7. The zero-order valence-corrected chi connectivity index (χ0v) is 21.9. The molecule has 1 fully saturated rings. The molecule has 38 heavy (non-hydrogen) atoms. The molecule has 1 aliphatic rings. The average Bonchev–Trinajstić information content (AvgIpc) is 3.70. The Morgan fingerprint density at radius 2 is 1.68 bits per heavy atom. The van der Waals surface area contributed by atoms with Gasteiger partial charge in [0.1, 0.15) is 23.9 Å². The summed E-state index contributed by atoms with van der Waals surface area (Å²) in [5.41, 5.74) is 7.85. The zero-order chi connectivity index (χ0) is 26.5. The van der Waals surface area contributed by atoms with Crippen molar-refractivity contribution in [1.82, 2.24) is 9.99 Å². The lowest BCUT2D eigenvalue weighted by Gasteiger charge is -2.18. The van der Waals surface area contributed by atoms with E-state index in [1.165, 1.54) is 24.2 Å². The van der Waals surface area contributed by atoms with Crippen molar-refractivity contribution in [2.75, 3.05) is 25.1 Å². The lowest BCUT2D eigenvalue weighted by atomic mass is 10.2. The van der Waals surface area contributed by atoms with Crippen LogP contribution in [0.1, 0.15) is 46.1 Å². The van der Waals surface area contributed by atoms with E-state index in [1.54, 1.807) is 25.5 Å². The van der Waals surface area contributed by atoms with E-state index < -0.39 is 5.91 Å². The van der Waals surface area contributed by atoms with Gasteiger partial charge in [-0.2, -0.15) is 5.10 Å². The summed E-state index contributed by atoms with van der Waals surface area (Å²) < 4.78 is 19.2. The van der Waals surface area contributed by atoms with Gasteiger partial charge in [0.25, 0.3) is 0 Å². The summed E-state index contributed by atoms with van der Waals surface area (Å²) >= 11 is 0. The van der Waals surface area contributed by atoms with Crippen molar-refractivity contribution in [2.24, 2.45) is 5.10 Å². The minimum Gasteiger partial charge on any atom is -0.496 e. The van der Waals surface area contributed by atoms with Crippen molar-refractivity contribution < 1.29 is 18.7 Å². The predicted octanol–water partition coefficient (Wildman–Crippen LogP) is 5.64. The average molecular weight is 513 g/mol. The summed E-state index contributed by atoms with van der Waals surface area (Å²) in [5.74, 6) is 1.68. The fraction of sp³-hybridized carbons (Fsp3) is 0.267. The number of methoxy groups -OCH3 is 1. The number of aromatic nitrogens is 1. The molecule has 196 valence electrons. The first kappa shape index (κ1) is 25.2. The van der Waals surface area contributed by atoms with Gasteiger partial charge in [-0.25, -0.2) is 5.43 Å². The van der Waals surface area contributed by atoms with E-state index in [0.717, 1.165) is 30.0 Å². The molecule has 8 heteroatoms. The van der Waals surface area contributed by atoms with E-state index >= 15 is 0 Å². The lowest BCUT2D eigenvalue weighted by Crippen LogP contribution is -2.18. The van der Waals surface area contributed by atoms with Gasteiger partial charge in [0.05, 0.1) is 13.3 Å². The third-order valence-corrected chi connectivity index (χ3v) is 6.69. The number of hydrogen-bond donors (Lipinski definition) is 1. The van der Waals surface area contributed by atoms with E-state index in [1.807, 2.05) is 42.5 Å². The number of furan rings is 1. The molecule has 3 heterocycles. The molecule has 0 aliphatic carbocycles. The summed E-state index contributed by atoms with van der Waals surface area (Å²) in [6.45, 7) is 6.48. The Kier molecular flexibility index (Phi) is 7.49. The number of ether oxygens (including phenoxy) is 2. The Morgan fingerprint density at radius 1 is 0.974 bits per heavy atom. The maximum atomic E-state index is 12.5. The van der Waals surface area contributed by atoms with E-state index in [0.29, 0.717) is 17.3 Å². The number of aryl methyl sites for hydroxylation is 2. The van der Waals surface area contributed by atoms with Crippen LogP contribution >= 0.6 is 0 Å². The van der Waals surface area contributed by atoms with E-state index in [-0.39, 0.29) is 12.4 Å². The zero-order valence-electron chi connectivity index (χ0n) is 21.9. The van der Waals surface area contributed by atoms with Crippen LogP contribution in [0.5, 0.6) is 11.5 Å². The molecular formula is C30H32N4O4. The fourth-order valence-electron chi connectivity index (χ4n) is 4.69. The molecule has 0 saturated carbocycles. The Labute approximate surface area is 222 Å². The van der Waals surface area contributed by atoms with Crippen LogP contribution in [0.4, 0.5) is 5.69 Å². The number of rotatable bonds is 9. The number of anilines is 1. The highest BCUT2D eigenvalue weighted by molar-refractivity contribution is 5.93. The van der Waals surface area contributed by atoms with Crippen molar-refractivity contribution in [2.45, 2.75) is 33.3 Å². The minimum absolute atomic E-state index is 0.158. The number of carbonyl (C=O) groups is 1. The summed E-state index contributed by atoms with van der Waals surface area (Å²) in [7, 11) is 1.63. The molecule has 1 aliphatic heterocycles. The van der Waals surface area contributed by atoms with Crippen molar-refractivity contribution in [1.29, 1.82) is 0 Å². The van der Waals surface area contributed by atoms with Gasteiger partial charge in [0.2, 0.25) is 0 Å². The first-order valence-corrected chi connectivity index (χ1v) is 12.7. The van der Waals surface area contributed by atoms with Gasteiger partial charge in [-0.05, 0) is 87.4 Å². The van der Waals surface area contributed by atoms with Crippen LogP contribution in [0.2, 0.25) is 0 Å². The van der Waals surface area contributed by atoms with Crippen LogP contribution in [-0.4, -0.2) is 36.9 Å². The van der Waals surface area contributed by atoms with Crippen LogP contribution in [0.25, 0.3) is 5.69 Å². The van der Waals surface area contributed by atoms with Gasteiger partial charge in [0.15, 0.2) is 5.76 Å². The lowest BCUT2D eigenvalue weighted by molar-refractivity contribution is 0.0923. The number of benzene rings is 2. The molecule has 0 atom stereocenters. The molecular weight excluding hydrogens is 480 g/mol.